The monoisotopic (exact) mass is 480 g/mol. The van der Waals surface area contributed by atoms with Crippen molar-refractivity contribution in [2.45, 2.75) is 44.9 Å². The first kappa shape index (κ1) is 23.3. The summed E-state index contributed by atoms with van der Waals surface area (Å²) in [5.41, 5.74) is 3.47. The van der Waals surface area contributed by atoms with E-state index in [1.165, 1.54) is 0 Å². The van der Waals surface area contributed by atoms with E-state index in [0.717, 1.165) is 22.4 Å². The number of H-pyrrole nitrogens is 2. The van der Waals surface area contributed by atoms with Gasteiger partial charge in [0.25, 0.3) is 5.56 Å². The molecule has 0 spiro atoms. The Bertz CT molecular complexity index is 1340. The minimum absolute atomic E-state index is 0.107. The molecule has 0 radical (unpaired) electrons. The smallest absolute Gasteiger partial charge is 0.327 e. The van der Waals surface area contributed by atoms with Gasteiger partial charge in [-0.05, 0) is 42.7 Å². The predicted octanol–water partition coefficient (Wildman–Crippen LogP) is 1.58. The Hall–Kier alpha value is -3.44. The molecule has 10 heteroatoms. The third-order valence-corrected chi connectivity index (χ3v) is 6.56. The number of aryl methyl sites for hydroxylation is 2. The van der Waals surface area contributed by atoms with Gasteiger partial charge in [0.15, 0.2) is 6.29 Å². The van der Waals surface area contributed by atoms with E-state index in [2.05, 4.69) is 15.3 Å². The summed E-state index contributed by atoms with van der Waals surface area (Å²) >= 11 is 0. The molecule has 1 saturated heterocycles. The molecule has 5 rings (SSSR count). The zero-order valence-electron chi connectivity index (χ0n) is 19.4. The van der Waals surface area contributed by atoms with E-state index in [0.29, 0.717) is 12.1 Å². The van der Waals surface area contributed by atoms with Gasteiger partial charge in [-0.15, -0.1) is 0 Å². The number of aliphatic hydroxyl groups is 2. The van der Waals surface area contributed by atoms with Crippen LogP contribution in [0.2, 0.25) is 0 Å². The number of hydrogen-bond donors (Lipinski definition) is 5. The largest absolute Gasteiger partial charge is 0.394 e. The molecule has 0 unspecified atom stereocenters. The maximum atomic E-state index is 12.6. The lowest BCUT2D eigenvalue weighted by atomic mass is 10.0. The first-order valence-corrected chi connectivity index (χ1v) is 11.5. The van der Waals surface area contributed by atoms with E-state index >= 15 is 0 Å². The summed E-state index contributed by atoms with van der Waals surface area (Å²) in [6.07, 6.45) is -3.01. The molecular weight excluding hydrogens is 452 g/mol. The fourth-order valence-electron chi connectivity index (χ4n) is 4.57. The average Bonchev–Trinajstić information content (AvgIpc) is 2.83. The van der Waals surface area contributed by atoms with Crippen molar-refractivity contribution in [1.29, 1.82) is 0 Å². The highest BCUT2D eigenvalue weighted by molar-refractivity contribution is 5.90. The van der Waals surface area contributed by atoms with Gasteiger partial charge in [-0.3, -0.25) is 14.8 Å². The molecule has 4 atom stereocenters. The van der Waals surface area contributed by atoms with Gasteiger partial charge in [0.1, 0.15) is 29.8 Å². The third kappa shape index (κ3) is 4.48. The molecule has 1 aromatic heterocycles. The van der Waals surface area contributed by atoms with Gasteiger partial charge in [0.05, 0.1) is 24.5 Å². The molecule has 5 N–H and O–H groups in total. The van der Waals surface area contributed by atoms with Crippen LogP contribution in [0.3, 0.4) is 0 Å². The molecule has 184 valence electrons. The maximum Gasteiger partial charge on any atom is 0.327 e. The first-order valence-electron chi connectivity index (χ1n) is 11.5. The van der Waals surface area contributed by atoms with E-state index in [4.69, 9.17) is 9.47 Å². The number of fused-ring (bicyclic) bond motifs is 2. The topological polar surface area (TPSA) is 140 Å². The van der Waals surface area contributed by atoms with E-state index in [1.807, 2.05) is 56.3 Å². The van der Waals surface area contributed by atoms with Crippen LogP contribution in [0, 0.1) is 13.8 Å². The summed E-state index contributed by atoms with van der Waals surface area (Å²) in [5, 5.41) is 23.9. The fourth-order valence-corrected chi connectivity index (χ4v) is 4.57. The van der Waals surface area contributed by atoms with Crippen molar-refractivity contribution in [3.05, 3.63) is 80.0 Å². The molecule has 0 amide bonds. The number of benzene rings is 2. The van der Waals surface area contributed by atoms with Gasteiger partial charge >= 0.3 is 5.69 Å². The summed E-state index contributed by atoms with van der Waals surface area (Å²) in [6.45, 7) is 3.67. The molecule has 0 aliphatic carbocycles. The van der Waals surface area contributed by atoms with Crippen molar-refractivity contribution in [1.82, 2.24) is 9.97 Å². The summed E-state index contributed by atoms with van der Waals surface area (Å²) < 4.78 is 12.0. The fraction of sp³-hybridized carbons (Fsp3) is 0.360. The van der Waals surface area contributed by atoms with Gasteiger partial charge in [0, 0.05) is 6.42 Å². The van der Waals surface area contributed by atoms with Crippen LogP contribution >= 0.6 is 0 Å². The molecule has 2 aliphatic rings. The zero-order chi connectivity index (χ0) is 24.7. The Balaban J connectivity index is 1.52. The molecule has 3 heterocycles. The van der Waals surface area contributed by atoms with Crippen LogP contribution in [0.4, 0.5) is 22.9 Å². The SMILES string of the molecule is Cc1cc2c(cc1C)N(C[C@@H]1O[C@H](Cc3ccccc3)O[C@H](CO)[C@H]1O)c1[nH]c(=O)[nH]c(=O)c1N2. The molecule has 3 aromatic rings. The second kappa shape index (κ2) is 9.31. The number of hydrogen-bond acceptors (Lipinski definition) is 8. The summed E-state index contributed by atoms with van der Waals surface area (Å²) in [4.78, 5) is 31.5. The highest BCUT2D eigenvalue weighted by Crippen LogP contribution is 2.42. The van der Waals surface area contributed by atoms with Crippen molar-refractivity contribution in [3.8, 4) is 0 Å². The quantitative estimate of drug-likeness (QED) is 0.371. The van der Waals surface area contributed by atoms with Crippen LogP contribution in [0.15, 0.2) is 52.1 Å². The number of aliphatic hydroxyl groups excluding tert-OH is 2. The highest BCUT2D eigenvalue weighted by Gasteiger charge is 2.40. The second-order valence-electron chi connectivity index (χ2n) is 8.96. The second-order valence-corrected chi connectivity index (χ2v) is 8.96. The zero-order valence-corrected chi connectivity index (χ0v) is 19.4. The van der Waals surface area contributed by atoms with Gasteiger partial charge in [-0.25, -0.2) is 4.79 Å². The van der Waals surface area contributed by atoms with Gasteiger partial charge in [-0.1, -0.05) is 30.3 Å². The average molecular weight is 481 g/mol. The normalized spacial score (nSPS) is 23.4. The van der Waals surface area contributed by atoms with Crippen LogP contribution in [0.1, 0.15) is 16.7 Å². The lowest BCUT2D eigenvalue weighted by Crippen LogP contribution is -2.55. The Morgan fingerprint density at radius 2 is 1.71 bits per heavy atom. The number of rotatable bonds is 5. The molecule has 10 nitrogen and oxygen atoms in total. The van der Waals surface area contributed by atoms with Crippen LogP contribution in [-0.2, 0) is 15.9 Å². The Kier molecular flexibility index (Phi) is 6.20. The molecule has 35 heavy (non-hydrogen) atoms. The number of nitrogens with one attached hydrogen (secondary N) is 3. The molecule has 2 aromatic carbocycles. The Morgan fingerprint density at radius 3 is 2.46 bits per heavy atom. The lowest BCUT2D eigenvalue weighted by Gasteiger charge is -2.42. The number of ether oxygens (including phenoxy) is 2. The molecule has 1 fully saturated rings. The number of anilines is 4. The highest BCUT2D eigenvalue weighted by atomic mass is 16.7. The lowest BCUT2D eigenvalue weighted by molar-refractivity contribution is -0.285. The molecule has 0 saturated carbocycles. The van der Waals surface area contributed by atoms with Crippen LogP contribution in [0.5, 0.6) is 0 Å². The standard InChI is InChI=1S/C25H28N4O6/c1-13-8-16-17(9-14(13)2)29(23-21(26-16)24(32)28-25(33)27-23)11-18-22(31)19(12-30)35-20(34-18)10-15-6-4-3-5-7-15/h3-9,18-20,22,26,30-31H,10-12H2,1-2H3,(H2,27,28,32,33)/t18-,19+,20-,22-/m0/s1. The van der Waals surface area contributed by atoms with Crippen molar-refractivity contribution in [3.63, 3.8) is 0 Å². The predicted molar refractivity (Wildman–Crippen MR) is 131 cm³/mol. The summed E-state index contributed by atoms with van der Waals surface area (Å²) in [7, 11) is 0. The van der Waals surface area contributed by atoms with Gasteiger partial charge < -0.3 is 29.9 Å². The maximum absolute atomic E-state index is 12.6. The van der Waals surface area contributed by atoms with Crippen LogP contribution < -0.4 is 21.5 Å². The van der Waals surface area contributed by atoms with E-state index < -0.39 is 35.9 Å². The van der Waals surface area contributed by atoms with Gasteiger partial charge in [-0.2, -0.15) is 0 Å². The molecule has 0 bridgehead atoms. The molecule has 2 aliphatic heterocycles. The van der Waals surface area contributed by atoms with Crippen LogP contribution in [-0.4, -0.2) is 57.9 Å². The van der Waals surface area contributed by atoms with Crippen molar-refractivity contribution < 1.29 is 19.7 Å². The van der Waals surface area contributed by atoms with Gasteiger partial charge in [0.2, 0.25) is 0 Å². The van der Waals surface area contributed by atoms with Crippen molar-refractivity contribution >= 4 is 22.9 Å². The van der Waals surface area contributed by atoms with Crippen molar-refractivity contribution in [2.75, 3.05) is 23.4 Å². The third-order valence-electron chi connectivity index (χ3n) is 6.56. The van der Waals surface area contributed by atoms with E-state index in [9.17, 15) is 19.8 Å². The van der Waals surface area contributed by atoms with Crippen LogP contribution in [0.25, 0.3) is 0 Å². The summed E-state index contributed by atoms with van der Waals surface area (Å²) in [6, 6.07) is 13.5. The van der Waals surface area contributed by atoms with E-state index in [1.54, 1.807) is 4.90 Å². The number of aromatic amines is 2. The van der Waals surface area contributed by atoms with Crippen molar-refractivity contribution in [2.24, 2.45) is 0 Å². The number of aromatic nitrogens is 2. The Labute approximate surface area is 201 Å². The minimum Gasteiger partial charge on any atom is -0.394 e. The minimum atomic E-state index is -1.13. The van der Waals surface area contributed by atoms with E-state index in [-0.39, 0.29) is 24.7 Å². The first-order chi connectivity index (χ1) is 16.8. The molecular formula is C25H28N4O6. The Morgan fingerprint density at radius 1 is 1.00 bits per heavy atom. The number of nitrogens with zero attached hydrogens (tertiary/aromatic N) is 1. The summed E-state index contributed by atoms with van der Waals surface area (Å²) in [5.74, 6) is 0.275.